The van der Waals surface area contributed by atoms with Crippen molar-refractivity contribution in [3.8, 4) is 12.3 Å². The van der Waals surface area contributed by atoms with Crippen LogP contribution in [0.25, 0.3) is 6.08 Å². The summed E-state index contributed by atoms with van der Waals surface area (Å²) in [5, 5.41) is 6.20. The van der Waals surface area contributed by atoms with Gasteiger partial charge in [-0.1, -0.05) is 13.3 Å². The summed E-state index contributed by atoms with van der Waals surface area (Å²) >= 11 is 9.99. The molecule has 0 unspecified atom stereocenters. The molecule has 0 N–H and O–H groups in total. The number of halogens is 2. The molecule has 0 atom stereocenters. The number of terminal acetylenes is 1. The Morgan fingerprint density at radius 2 is 1.33 bits per heavy atom. The van der Waals surface area contributed by atoms with Crippen molar-refractivity contribution in [2.24, 2.45) is 0 Å². The van der Waals surface area contributed by atoms with Gasteiger partial charge in [0.2, 0.25) is 0 Å². The predicted molar refractivity (Wildman–Crippen MR) is 218 cm³/mol. The van der Waals surface area contributed by atoms with Crippen molar-refractivity contribution in [1.82, 2.24) is 19.8 Å². The number of ether oxygens (including phenoxy) is 3. The van der Waals surface area contributed by atoms with E-state index in [9.17, 15) is 9.59 Å². The van der Waals surface area contributed by atoms with Crippen molar-refractivity contribution in [1.29, 1.82) is 0 Å². The molecule has 2 aromatic rings. The van der Waals surface area contributed by atoms with Gasteiger partial charge in [0.05, 0.1) is 19.1 Å². The van der Waals surface area contributed by atoms with Crippen LogP contribution in [0, 0.1) is 19.3 Å². The zero-order valence-electron chi connectivity index (χ0n) is 32.5. The van der Waals surface area contributed by atoms with E-state index >= 15 is 0 Å². The molecular weight excluding hydrogens is 823 g/mol. The minimum absolute atomic E-state index is 0. The van der Waals surface area contributed by atoms with Crippen molar-refractivity contribution in [3.05, 3.63) is 42.5 Å². The summed E-state index contributed by atoms with van der Waals surface area (Å²) in [6, 6.07) is 0. The van der Waals surface area contributed by atoms with Crippen molar-refractivity contribution >= 4 is 72.8 Å². The molecule has 3 saturated heterocycles. The van der Waals surface area contributed by atoms with Gasteiger partial charge in [-0.2, -0.15) is 6.42 Å². The predicted octanol–water partition coefficient (Wildman–Crippen LogP) is 8.01. The number of carbonyl (C=O) groups is 2. The molecule has 9 nitrogen and oxygen atoms in total. The second-order valence-corrected chi connectivity index (χ2v) is 19.0. The summed E-state index contributed by atoms with van der Waals surface area (Å²) in [6.45, 7) is 21.9. The Balaban J connectivity index is 0.000000414. The second-order valence-electron chi connectivity index (χ2n) is 14.4. The quantitative estimate of drug-likeness (QED) is 0.175. The minimum Gasteiger partial charge on any atom is -0.444 e. The van der Waals surface area contributed by atoms with Gasteiger partial charge in [-0.25, -0.2) is 19.6 Å². The van der Waals surface area contributed by atoms with E-state index in [1.54, 1.807) is 32.5 Å². The number of aromatic nitrogens is 2. The number of hydrogen-bond donors (Lipinski definition) is 0. The smallest absolute Gasteiger partial charge is 0.444 e. The van der Waals surface area contributed by atoms with E-state index in [1.807, 2.05) is 53.0 Å². The second kappa shape index (κ2) is 24.9. The van der Waals surface area contributed by atoms with Crippen molar-refractivity contribution in [2.45, 2.75) is 123 Å². The van der Waals surface area contributed by atoms with Gasteiger partial charge in [0.1, 0.15) is 16.9 Å². The van der Waals surface area contributed by atoms with E-state index in [0.717, 1.165) is 77.5 Å². The van der Waals surface area contributed by atoms with Gasteiger partial charge in [-0.3, -0.25) is 0 Å². The third-order valence-corrected chi connectivity index (χ3v) is 10.1. The van der Waals surface area contributed by atoms with E-state index in [2.05, 4.69) is 67.0 Å². The summed E-state index contributed by atoms with van der Waals surface area (Å²) in [7, 11) is 0. The molecular formula is C38H57Br2LiN4O5S2. The van der Waals surface area contributed by atoms with Crippen molar-refractivity contribution in [3.63, 3.8) is 0 Å². The molecule has 3 aliphatic heterocycles. The largest absolute Gasteiger partial charge is 1.00 e. The van der Waals surface area contributed by atoms with Crippen LogP contribution in [0.4, 0.5) is 9.59 Å². The fraction of sp³-hybridized carbons (Fsp3) is 0.658. The third kappa shape index (κ3) is 19.8. The molecule has 52 heavy (non-hydrogen) atoms. The number of amides is 2. The molecule has 0 bridgehead atoms. The number of thiazole rings is 2. The molecule has 5 heterocycles. The molecule has 0 spiro atoms. The number of rotatable bonds is 4. The van der Waals surface area contributed by atoms with Gasteiger partial charge < -0.3 is 30.9 Å². The van der Waals surface area contributed by atoms with E-state index in [0.29, 0.717) is 30.6 Å². The van der Waals surface area contributed by atoms with Gasteiger partial charge >= 0.3 is 31.0 Å². The van der Waals surface area contributed by atoms with Crippen LogP contribution in [-0.2, 0) is 14.2 Å². The molecule has 3 aliphatic rings. The average Bonchev–Trinajstić information content (AvgIpc) is 3.88. The first kappa shape index (κ1) is 48.6. The number of carbonyl (C=O) groups excluding carboxylic acids is 2. The fourth-order valence-corrected chi connectivity index (χ4v) is 7.34. The SMILES string of the molecule is C#Cc1csc(C2CCN(C(=O)OC(C)(C)C)CC2)n1.C1CCOC1.CC(C)(C)OC(=O)N1CCC(c2nc(C=C(Br)Br)cs2)CC1.[CH2-]CCC.[Li+]. The number of likely N-dealkylation sites (tertiary alicyclic amines) is 2. The number of unbranched alkanes of at least 4 members (excludes halogenated alkanes) is 1. The third-order valence-electron chi connectivity index (χ3n) is 7.64. The van der Waals surface area contributed by atoms with E-state index in [1.165, 1.54) is 19.3 Å². The maximum absolute atomic E-state index is 12.1. The minimum atomic E-state index is -0.440. The molecule has 2 amide bonds. The molecule has 286 valence electrons. The van der Waals surface area contributed by atoms with Crippen LogP contribution in [0.3, 0.4) is 0 Å². The average molecular weight is 881 g/mol. The zero-order valence-corrected chi connectivity index (χ0v) is 37.3. The monoisotopic (exact) mass is 878 g/mol. The molecule has 3 fully saturated rings. The molecule has 5 rings (SSSR count). The van der Waals surface area contributed by atoms with E-state index in [-0.39, 0.29) is 31.0 Å². The van der Waals surface area contributed by atoms with Gasteiger partial charge in [0, 0.05) is 62.0 Å². The Labute approximate surface area is 349 Å². The standard InChI is InChI=1S/C15H20Br2N2O2S.C15H20N2O2S.C4H8O.C4H9.Li/c1-15(2,3)21-14(20)19-6-4-10(5-7-19)13-18-11(9-22-13)8-12(16)17;1-5-12-10-20-13(16-12)11-6-8-17(9-7-11)14(18)19-15(2,3)4;1-2-4-5-3-1;1-3-4-2;/h8-10H,4-7H2,1-3H3;1,10-11H,6-9H2,2-4H3;1-4H2;1,3-4H2,2H3;/q;;;-1;+1. The molecule has 0 aliphatic carbocycles. The fourth-order valence-electron chi connectivity index (χ4n) is 4.99. The van der Waals surface area contributed by atoms with Crippen LogP contribution in [-0.4, -0.2) is 82.5 Å². The molecule has 0 saturated carbocycles. The van der Waals surface area contributed by atoms with Gasteiger partial charge in [0.15, 0.2) is 0 Å². The molecule has 0 aromatic carbocycles. The van der Waals surface area contributed by atoms with Gasteiger partial charge in [-0.15, -0.1) is 29.1 Å². The van der Waals surface area contributed by atoms with Crippen LogP contribution in [0.5, 0.6) is 0 Å². The summed E-state index contributed by atoms with van der Waals surface area (Å²) in [5.41, 5.74) is 0.788. The summed E-state index contributed by atoms with van der Waals surface area (Å²) in [6.07, 6.45) is 15.4. The molecule has 14 heteroatoms. The van der Waals surface area contributed by atoms with Gasteiger partial charge in [-0.05, 0) is 124 Å². The topological polar surface area (TPSA) is 94.1 Å². The number of hydrogen-bond acceptors (Lipinski definition) is 9. The van der Waals surface area contributed by atoms with Gasteiger partial charge in [0.25, 0.3) is 0 Å². The van der Waals surface area contributed by atoms with E-state index < -0.39 is 11.2 Å². The summed E-state index contributed by atoms with van der Waals surface area (Å²) in [4.78, 5) is 36.7. The Morgan fingerprint density at radius 1 is 0.904 bits per heavy atom. The van der Waals surface area contributed by atoms with Crippen LogP contribution < -0.4 is 18.9 Å². The number of nitrogens with zero attached hydrogens (tertiary/aromatic N) is 4. The Kier molecular flexibility index (Phi) is 23.3. The normalized spacial score (nSPS) is 16.3. The van der Waals surface area contributed by atoms with Crippen molar-refractivity contribution in [2.75, 3.05) is 39.4 Å². The molecule has 2 aromatic heterocycles. The van der Waals surface area contributed by atoms with E-state index in [4.69, 9.17) is 20.6 Å². The first-order chi connectivity index (χ1) is 24.0. The van der Waals surface area contributed by atoms with Crippen LogP contribution in [0.15, 0.2) is 14.2 Å². The summed E-state index contributed by atoms with van der Waals surface area (Å²) in [5.74, 6) is 3.39. The van der Waals surface area contributed by atoms with Crippen molar-refractivity contribution < 1.29 is 42.7 Å². The first-order valence-corrected chi connectivity index (χ1v) is 21.1. The molecule has 0 radical (unpaired) electrons. The summed E-state index contributed by atoms with van der Waals surface area (Å²) < 4.78 is 16.6. The van der Waals surface area contributed by atoms with Crippen LogP contribution in [0.1, 0.15) is 133 Å². The first-order valence-electron chi connectivity index (χ1n) is 17.8. The Bertz CT molecular complexity index is 1380. The van der Waals surface area contributed by atoms with Crippen LogP contribution >= 0.6 is 54.5 Å². The maximum atomic E-state index is 12.1. The maximum Gasteiger partial charge on any atom is 1.00 e. The van der Waals surface area contributed by atoms with Crippen LogP contribution in [0.2, 0.25) is 0 Å². The zero-order chi connectivity index (χ0) is 38.0. The Morgan fingerprint density at radius 3 is 1.65 bits per heavy atom. The number of piperidine rings is 2. The Hall–Kier alpha value is -1.38.